The van der Waals surface area contributed by atoms with Crippen molar-refractivity contribution in [3.63, 3.8) is 0 Å². The molecule has 0 aromatic heterocycles. The smallest absolute Gasteiger partial charge is 0.0337 e. The largest absolute Gasteiger partial charge is 0.311 e. The number of nitrogens with one attached hydrogen (secondary N) is 1. The molecule has 1 saturated heterocycles. The predicted molar refractivity (Wildman–Crippen MR) is 76.6 cm³/mol. The van der Waals surface area contributed by atoms with Gasteiger partial charge in [-0.1, -0.05) is 11.6 Å². The van der Waals surface area contributed by atoms with Gasteiger partial charge in [0.05, 0.1) is 0 Å². The summed E-state index contributed by atoms with van der Waals surface area (Å²) >= 11 is 0. The lowest BCUT2D eigenvalue weighted by atomic mass is 9.88. The van der Waals surface area contributed by atoms with Crippen molar-refractivity contribution >= 4 is 0 Å². The van der Waals surface area contributed by atoms with E-state index in [0.29, 0.717) is 5.54 Å². The van der Waals surface area contributed by atoms with E-state index in [2.05, 4.69) is 37.1 Å². The van der Waals surface area contributed by atoms with Crippen molar-refractivity contribution in [3.8, 4) is 0 Å². The Labute approximate surface area is 112 Å². The van der Waals surface area contributed by atoms with E-state index in [4.69, 9.17) is 0 Å². The van der Waals surface area contributed by atoms with Gasteiger partial charge in [0.1, 0.15) is 0 Å². The first-order chi connectivity index (χ1) is 8.59. The summed E-state index contributed by atoms with van der Waals surface area (Å²) in [4.78, 5) is 2.77. The molecule has 2 unspecified atom stereocenters. The van der Waals surface area contributed by atoms with Gasteiger partial charge in [-0.3, -0.25) is 4.90 Å². The zero-order chi connectivity index (χ0) is 12.8. The highest BCUT2D eigenvalue weighted by molar-refractivity contribution is 5.09. The van der Waals surface area contributed by atoms with Gasteiger partial charge in [-0.2, -0.15) is 0 Å². The molecule has 0 radical (unpaired) electrons. The van der Waals surface area contributed by atoms with Crippen LogP contribution in [0.15, 0.2) is 11.6 Å². The average Bonchev–Trinajstić information content (AvgIpc) is 3.18. The van der Waals surface area contributed by atoms with Gasteiger partial charge in [0.2, 0.25) is 0 Å². The van der Waals surface area contributed by atoms with Crippen LogP contribution in [0.5, 0.6) is 0 Å². The third-order valence-electron chi connectivity index (χ3n) is 5.23. The van der Waals surface area contributed by atoms with E-state index in [0.717, 1.165) is 24.4 Å². The standard InChI is InChI=1S/C16H28N2/c1-12(2)8-9-18-10-15(13-4-5-13)17-11-16(18,3)14-6-7-14/h8,13-15,17H,4-7,9-11H2,1-3H3. The van der Waals surface area contributed by atoms with Crippen molar-refractivity contribution in [1.29, 1.82) is 0 Å². The summed E-state index contributed by atoms with van der Waals surface area (Å²) in [6, 6.07) is 0.766. The lowest BCUT2D eigenvalue weighted by Gasteiger charge is -2.48. The van der Waals surface area contributed by atoms with Crippen LogP contribution in [0.4, 0.5) is 0 Å². The lowest BCUT2D eigenvalue weighted by molar-refractivity contribution is 0.0410. The second-order valence-corrected chi connectivity index (χ2v) is 7.14. The first kappa shape index (κ1) is 12.7. The van der Waals surface area contributed by atoms with Crippen LogP contribution >= 0.6 is 0 Å². The number of rotatable bonds is 4. The van der Waals surface area contributed by atoms with Crippen LogP contribution in [0, 0.1) is 11.8 Å². The molecule has 2 nitrogen and oxygen atoms in total. The molecule has 3 fully saturated rings. The van der Waals surface area contributed by atoms with E-state index in [9.17, 15) is 0 Å². The minimum atomic E-state index is 0.414. The molecular weight excluding hydrogens is 220 g/mol. The first-order valence-electron chi connectivity index (χ1n) is 7.71. The summed E-state index contributed by atoms with van der Waals surface area (Å²) in [5.41, 5.74) is 1.87. The molecule has 2 heteroatoms. The third-order valence-corrected chi connectivity index (χ3v) is 5.23. The van der Waals surface area contributed by atoms with E-state index >= 15 is 0 Å². The number of nitrogens with zero attached hydrogens (tertiary/aromatic N) is 1. The summed E-state index contributed by atoms with van der Waals surface area (Å²) in [6.07, 6.45) is 8.20. The highest BCUT2D eigenvalue weighted by Crippen LogP contribution is 2.45. The minimum absolute atomic E-state index is 0.414. The van der Waals surface area contributed by atoms with Gasteiger partial charge in [0.25, 0.3) is 0 Å². The molecule has 0 aromatic carbocycles. The van der Waals surface area contributed by atoms with E-state index in [-0.39, 0.29) is 0 Å². The molecule has 0 amide bonds. The van der Waals surface area contributed by atoms with E-state index in [1.54, 1.807) is 0 Å². The Morgan fingerprint density at radius 1 is 1.28 bits per heavy atom. The van der Waals surface area contributed by atoms with Gasteiger partial charge in [-0.15, -0.1) is 0 Å². The second kappa shape index (κ2) is 4.64. The summed E-state index contributed by atoms with van der Waals surface area (Å²) in [5, 5.41) is 3.85. The highest BCUT2D eigenvalue weighted by Gasteiger charge is 2.49. The SMILES string of the molecule is CC(C)=CCN1CC(C2CC2)NCC1(C)C1CC1. The maximum Gasteiger partial charge on any atom is 0.0337 e. The minimum Gasteiger partial charge on any atom is -0.311 e. The molecule has 0 spiro atoms. The summed E-state index contributed by atoms with van der Waals surface area (Å²) in [5.74, 6) is 1.92. The molecular formula is C16H28N2. The number of hydrogen-bond donors (Lipinski definition) is 1. The topological polar surface area (TPSA) is 15.3 Å². The van der Waals surface area contributed by atoms with Gasteiger partial charge in [-0.25, -0.2) is 0 Å². The Morgan fingerprint density at radius 3 is 2.56 bits per heavy atom. The van der Waals surface area contributed by atoms with Crippen LogP contribution in [0.25, 0.3) is 0 Å². The van der Waals surface area contributed by atoms with Crippen LogP contribution in [-0.2, 0) is 0 Å². The van der Waals surface area contributed by atoms with Crippen LogP contribution in [0.3, 0.4) is 0 Å². The summed E-state index contributed by atoms with van der Waals surface area (Å²) in [7, 11) is 0. The molecule has 1 N–H and O–H groups in total. The Kier molecular flexibility index (Phi) is 3.27. The molecule has 2 saturated carbocycles. The van der Waals surface area contributed by atoms with E-state index < -0.39 is 0 Å². The monoisotopic (exact) mass is 248 g/mol. The zero-order valence-electron chi connectivity index (χ0n) is 12.2. The molecule has 102 valence electrons. The normalized spacial score (nSPS) is 37.6. The molecule has 3 aliphatic rings. The lowest BCUT2D eigenvalue weighted by Crippen LogP contribution is -2.64. The predicted octanol–water partition coefficient (Wildman–Crippen LogP) is 2.81. The van der Waals surface area contributed by atoms with Crippen molar-refractivity contribution in [1.82, 2.24) is 10.2 Å². The fourth-order valence-corrected chi connectivity index (χ4v) is 3.46. The Hall–Kier alpha value is -0.340. The van der Waals surface area contributed by atoms with Crippen LogP contribution in [-0.4, -0.2) is 36.1 Å². The Morgan fingerprint density at radius 2 is 2.00 bits per heavy atom. The van der Waals surface area contributed by atoms with Crippen molar-refractivity contribution in [3.05, 3.63) is 11.6 Å². The molecule has 2 atom stereocenters. The molecule has 3 rings (SSSR count). The number of allylic oxidation sites excluding steroid dienone is 1. The van der Waals surface area contributed by atoms with Crippen LogP contribution < -0.4 is 5.32 Å². The van der Waals surface area contributed by atoms with Crippen molar-refractivity contribution in [2.24, 2.45) is 11.8 Å². The average molecular weight is 248 g/mol. The Balaban J connectivity index is 1.70. The zero-order valence-corrected chi connectivity index (χ0v) is 12.2. The van der Waals surface area contributed by atoms with Crippen molar-refractivity contribution in [2.75, 3.05) is 19.6 Å². The second-order valence-electron chi connectivity index (χ2n) is 7.14. The van der Waals surface area contributed by atoms with E-state index in [1.165, 1.54) is 44.3 Å². The van der Waals surface area contributed by atoms with Crippen molar-refractivity contribution < 1.29 is 0 Å². The van der Waals surface area contributed by atoms with Gasteiger partial charge in [0.15, 0.2) is 0 Å². The first-order valence-corrected chi connectivity index (χ1v) is 7.71. The summed E-state index contributed by atoms with van der Waals surface area (Å²) < 4.78 is 0. The van der Waals surface area contributed by atoms with E-state index in [1.807, 2.05) is 0 Å². The number of piperazine rings is 1. The molecule has 2 aliphatic carbocycles. The molecule has 0 aromatic rings. The fourth-order valence-electron chi connectivity index (χ4n) is 3.46. The van der Waals surface area contributed by atoms with Crippen molar-refractivity contribution in [2.45, 2.75) is 58.0 Å². The summed E-state index contributed by atoms with van der Waals surface area (Å²) in [6.45, 7) is 10.5. The van der Waals surface area contributed by atoms with Gasteiger partial charge in [0, 0.05) is 31.2 Å². The van der Waals surface area contributed by atoms with Gasteiger partial charge < -0.3 is 5.32 Å². The quantitative estimate of drug-likeness (QED) is 0.770. The number of hydrogen-bond acceptors (Lipinski definition) is 2. The molecule has 1 heterocycles. The molecule has 0 bridgehead atoms. The fraction of sp³-hybridized carbons (Fsp3) is 0.875. The molecule has 18 heavy (non-hydrogen) atoms. The van der Waals surface area contributed by atoms with Crippen LogP contribution in [0.2, 0.25) is 0 Å². The van der Waals surface area contributed by atoms with Crippen LogP contribution in [0.1, 0.15) is 46.5 Å². The molecule has 1 aliphatic heterocycles. The maximum absolute atomic E-state index is 3.85. The maximum atomic E-state index is 3.85. The van der Waals surface area contributed by atoms with Gasteiger partial charge in [-0.05, 0) is 58.3 Å². The van der Waals surface area contributed by atoms with Gasteiger partial charge >= 0.3 is 0 Å². The Bertz CT molecular complexity index is 337. The third kappa shape index (κ3) is 2.50. The highest BCUT2D eigenvalue weighted by atomic mass is 15.3.